The first-order chi connectivity index (χ1) is 15.8. The third kappa shape index (κ3) is 5.78. The van der Waals surface area contributed by atoms with E-state index in [1.165, 1.54) is 11.8 Å². The molecule has 1 aliphatic heterocycles. The van der Waals surface area contributed by atoms with Gasteiger partial charge in [0.05, 0.1) is 37.1 Å². The number of para-hydroxylation sites is 2. The highest BCUT2D eigenvalue weighted by molar-refractivity contribution is 6.36. The number of carbonyl (C=O) groups excluding carboxylic acids is 3. The van der Waals surface area contributed by atoms with Gasteiger partial charge in [-0.05, 0) is 50.6 Å². The smallest absolute Gasteiger partial charge is 0.278 e. The Morgan fingerprint density at radius 3 is 2.36 bits per heavy atom. The average Bonchev–Trinajstić information content (AvgIpc) is 2.99. The fraction of sp³-hybridized carbons (Fsp3) is 0.320. The van der Waals surface area contributed by atoms with Crippen LogP contribution in [-0.2, 0) is 19.1 Å². The number of anilines is 2. The lowest BCUT2D eigenvalue weighted by Crippen LogP contribution is -2.35. The summed E-state index contributed by atoms with van der Waals surface area (Å²) >= 11 is 0. The van der Waals surface area contributed by atoms with Crippen molar-refractivity contribution in [3.05, 3.63) is 59.8 Å². The molecule has 0 aromatic heterocycles. The van der Waals surface area contributed by atoms with Crippen LogP contribution in [0.5, 0.6) is 5.75 Å². The zero-order valence-corrected chi connectivity index (χ0v) is 19.3. The lowest BCUT2D eigenvalue weighted by molar-refractivity contribution is -0.138. The van der Waals surface area contributed by atoms with Crippen molar-refractivity contribution in [3.8, 4) is 5.75 Å². The molecule has 0 atom stereocenters. The van der Waals surface area contributed by atoms with Gasteiger partial charge in [0.1, 0.15) is 11.4 Å². The zero-order valence-electron chi connectivity index (χ0n) is 19.3. The molecule has 0 radical (unpaired) electrons. The molecule has 174 valence electrons. The maximum absolute atomic E-state index is 13.3. The van der Waals surface area contributed by atoms with Crippen LogP contribution in [0.15, 0.2) is 54.2 Å². The van der Waals surface area contributed by atoms with Crippen molar-refractivity contribution in [2.45, 2.75) is 33.8 Å². The lowest BCUT2D eigenvalue weighted by atomic mass is 10.0. The molecule has 3 amide bonds. The Kier molecular flexibility index (Phi) is 7.84. The molecule has 0 unspecified atom stereocenters. The third-order valence-electron chi connectivity index (χ3n) is 4.87. The van der Waals surface area contributed by atoms with E-state index in [2.05, 4.69) is 10.6 Å². The Morgan fingerprint density at radius 1 is 1.03 bits per heavy atom. The fourth-order valence-electron chi connectivity index (χ4n) is 3.45. The van der Waals surface area contributed by atoms with Crippen LogP contribution in [0.4, 0.5) is 11.4 Å². The van der Waals surface area contributed by atoms with Crippen LogP contribution in [0.25, 0.3) is 5.57 Å². The van der Waals surface area contributed by atoms with Crippen LogP contribution < -0.4 is 15.4 Å². The predicted molar refractivity (Wildman–Crippen MR) is 127 cm³/mol. The maximum atomic E-state index is 13.3. The molecule has 0 saturated carbocycles. The summed E-state index contributed by atoms with van der Waals surface area (Å²) in [6.07, 6.45) is -0.0118. The maximum Gasteiger partial charge on any atom is 0.278 e. The van der Waals surface area contributed by atoms with Gasteiger partial charge in [-0.3, -0.25) is 19.3 Å². The summed E-state index contributed by atoms with van der Waals surface area (Å²) in [5, 5.41) is 5.83. The Morgan fingerprint density at radius 2 is 1.73 bits per heavy atom. The molecule has 0 aliphatic carbocycles. The highest BCUT2D eigenvalue weighted by atomic mass is 16.5. The molecule has 33 heavy (non-hydrogen) atoms. The molecule has 8 nitrogen and oxygen atoms in total. The van der Waals surface area contributed by atoms with E-state index in [-0.39, 0.29) is 36.4 Å². The quantitative estimate of drug-likeness (QED) is 0.535. The molecular weight excluding hydrogens is 422 g/mol. The molecule has 2 N–H and O–H groups in total. The SMILES string of the molecule is CCOc1ccccc1NC1=C(c2ccc(NC(C)=O)cc2)C(=O)N(CCOC(C)C)C1=O. The minimum atomic E-state index is -0.431. The van der Waals surface area contributed by atoms with Crippen molar-refractivity contribution in [2.24, 2.45) is 0 Å². The van der Waals surface area contributed by atoms with Crippen molar-refractivity contribution in [3.63, 3.8) is 0 Å². The number of benzene rings is 2. The summed E-state index contributed by atoms with van der Waals surface area (Å²) < 4.78 is 11.2. The summed E-state index contributed by atoms with van der Waals surface area (Å²) in [4.78, 5) is 39.1. The van der Waals surface area contributed by atoms with E-state index in [1.54, 1.807) is 36.4 Å². The first-order valence-electron chi connectivity index (χ1n) is 10.9. The van der Waals surface area contributed by atoms with Crippen LogP contribution in [0.3, 0.4) is 0 Å². The number of hydrogen-bond acceptors (Lipinski definition) is 6. The minimum absolute atomic E-state index is 0.0118. The summed E-state index contributed by atoms with van der Waals surface area (Å²) in [6.45, 7) is 7.93. The van der Waals surface area contributed by atoms with Crippen molar-refractivity contribution < 1.29 is 23.9 Å². The summed E-state index contributed by atoms with van der Waals surface area (Å²) in [5.41, 5.74) is 2.17. The molecular formula is C25H29N3O5. The van der Waals surface area contributed by atoms with E-state index in [0.717, 1.165) is 0 Å². The van der Waals surface area contributed by atoms with Gasteiger partial charge in [-0.15, -0.1) is 0 Å². The third-order valence-corrected chi connectivity index (χ3v) is 4.87. The number of carbonyl (C=O) groups is 3. The monoisotopic (exact) mass is 451 g/mol. The highest BCUT2D eigenvalue weighted by Crippen LogP contribution is 2.33. The van der Waals surface area contributed by atoms with E-state index in [0.29, 0.717) is 29.3 Å². The first kappa shape index (κ1) is 24.0. The normalized spacial score (nSPS) is 13.7. The topological polar surface area (TPSA) is 97.0 Å². The van der Waals surface area contributed by atoms with Gasteiger partial charge < -0.3 is 20.1 Å². The number of rotatable bonds is 10. The number of ether oxygens (including phenoxy) is 2. The molecule has 0 spiro atoms. The second kappa shape index (κ2) is 10.8. The molecule has 0 bridgehead atoms. The van der Waals surface area contributed by atoms with Gasteiger partial charge in [0, 0.05) is 12.6 Å². The van der Waals surface area contributed by atoms with Gasteiger partial charge in [-0.25, -0.2) is 0 Å². The second-order valence-corrected chi connectivity index (χ2v) is 7.74. The standard InChI is InChI=1S/C25H29N3O5/c1-5-32-21-9-7-6-8-20(21)27-23-22(18-10-12-19(13-11-18)26-17(4)29)24(30)28(25(23)31)14-15-33-16(2)3/h6-13,16,27H,5,14-15H2,1-4H3,(H,26,29). The summed E-state index contributed by atoms with van der Waals surface area (Å²) in [5.74, 6) is -0.453. The predicted octanol–water partition coefficient (Wildman–Crippen LogP) is 3.66. The minimum Gasteiger partial charge on any atom is -0.492 e. The van der Waals surface area contributed by atoms with Gasteiger partial charge in [0.2, 0.25) is 5.91 Å². The second-order valence-electron chi connectivity index (χ2n) is 7.74. The molecule has 3 rings (SSSR count). The van der Waals surface area contributed by atoms with E-state index >= 15 is 0 Å². The number of imide groups is 1. The number of amides is 3. The van der Waals surface area contributed by atoms with E-state index in [1.807, 2.05) is 32.9 Å². The Labute approximate surface area is 193 Å². The first-order valence-corrected chi connectivity index (χ1v) is 10.9. The van der Waals surface area contributed by atoms with Crippen molar-refractivity contribution in [1.29, 1.82) is 0 Å². The molecule has 2 aromatic rings. The molecule has 0 fully saturated rings. The molecule has 1 heterocycles. The largest absolute Gasteiger partial charge is 0.492 e. The van der Waals surface area contributed by atoms with Crippen LogP contribution in [0, 0.1) is 0 Å². The van der Waals surface area contributed by atoms with E-state index in [9.17, 15) is 14.4 Å². The van der Waals surface area contributed by atoms with Gasteiger partial charge in [0.15, 0.2) is 0 Å². The van der Waals surface area contributed by atoms with Crippen LogP contribution >= 0.6 is 0 Å². The average molecular weight is 452 g/mol. The fourth-order valence-corrected chi connectivity index (χ4v) is 3.45. The van der Waals surface area contributed by atoms with Gasteiger partial charge in [0.25, 0.3) is 11.8 Å². The molecule has 2 aromatic carbocycles. The zero-order chi connectivity index (χ0) is 24.0. The number of nitrogens with one attached hydrogen (secondary N) is 2. The Bertz CT molecular complexity index is 1060. The number of hydrogen-bond donors (Lipinski definition) is 2. The lowest BCUT2D eigenvalue weighted by Gasteiger charge is -2.17. The Hall–Kier alpha value is -3.65. The number of nitrogens with zero attached hydrogens (tertiary/aromatic N) is 1. The van der Waals surface area contributed by atoms with Gasteiger partial charge in [-0.1, -0.05) is 24.3 Å². The van der Waals surface area contributed by atoms with Crippen molar-refractivity contribution >= 4 is 34.7 Å². The van der Waals surface area contributed by atoms with Crippen molar-refractivity contribution in [1.82, 2.24) is 4.90 Å². The van der Waals surface area contributed by atoms with Crippen molar-refractivity contribution in [2.75, 3.05) is 30.4 Å². The molecule has 8 heteroatoms. The molecule has 1 aliphatic rings. The van der Waals surface area contributed by atoms with Crippen LogP contribution in [0.2, 0.25) is 0 Å². The highest BCUT2D eigenvalue weighted by Gasteiger charge is 2.39. The van der Waals surface area contributed by atoms with Crippen LogP contribution in [0.1, 0.15) is 33.3 Å². The van der Waals surface area contributed by atoms with E-state index in [4.69, 9.17) is 9.47 Å². The van der Waals surface area contributed by atoms with Gasteiger partial charge in [-0.2, -0.15) is 0 Å². The van der Waals surface area contributed by atoms with Gasteiger partial charge >= 0.3 is 0 Å². The summed E-state index contributed by atoms with van der Waals surface area (Å²) in [7, 11) is 0. The van der Waals surface area contributed by atoms with E-state index < -0.39 is 11.8 Å². The molecule has 0 saturated heterocycles. The summed E-state index contributed by atoms with van der Waals surface area (Å²) in [6, 6.07) is 14.0. The van der Waals surface area contributed by atoms with Crippen LogP contribution in [-0.4, -0.2) is 48.5 Å². The Balaban J connectivity index is 1.98.